The second-order valence-electron chi connectivity index (χ2n) is 13.4. The number of urea groups is 1. The number of piperazine rings is 1. The number of benzene rings is 1. The third-order valence-electron chi connectivity index (χ3n) is 10.3. The number of imide groups is 1. The van der Waals surface area contributed by atoms with Crippen molar-refractivity contribution in [1.82, 2.24) is 29.4 Å². The Kier molecular flexibility index (Phi) is 7.70. The van der Waals surface area contributed by atoms with E-state index in [1.54, 1.807) is 12.1 Å². The fraction of sp³-hybridized carbons (Fsp3) is 0.500. The Morgan fingerprint density at radius 1 is 1.02 bits per heavy atom. The molecule has 2 saturated heterocycles. The van der Waals surface area contributed by atoms with Crippen LogP contribution in [0.25, 0.3) is 16.4 Å². The number of rotatable bonds is 9. The number of imidazole rings is 1. The summed E-state index contributed by atoms with van der Waals surface area (Å²) >= 11 is 0. The van der Waals surface area contributed by atoms with E-state index < -0.39 is 12.0 Å². The molecule has 3 amide bonds. The molecule has 246 valence electrons. The highest BCUT2D eigenvalue weighted by molar-refractivity contribution is 6.05. The normalized spacial score (nSPS) is 22.6. The molecule has 0 bridgehead atoms. The van der Waals surface area contributed by atoms with Crippen LogP contribution in [0.1, 0.15) is 67.8 Å². The van der Waals surface area contributed by atoms with Gasteiger partial charge in [0, 0.05) is 63.0 Å². The predicted molar refractivity (Wildman–Crippen MR) is 175 cm³/mol. The van der Waals surface area contributed by atoms with Crippen molar-refractivity contribution in [2.45, 2.75) is 63.5 Å². The Morgan fingerprint density at radius 3 is 2.57 bits per heavy atom. The average molecular weight is 641 g/mol. The van der Waals surface area contributed by atoms with Crippen LogP contribution in [0.3, 0.4) is 0 Å². The van der Waals surface area contributed by atoms with Crippen LogP contribution in [0, 0.1) is 5.92 Å². The van der Waals surface area contributed by atoms with E-state index in [9.17, 15) is 19.5 Å². The third kappa shape index (κ3) is 5.99. The zero-order valence-electron chi connectivity index (χ0n) is 26.4. The van der Waals surface area contributed by atoms with Gasteiger partial charge in [0.25, 0.3) is 0 Å². The lowest BCUT2D eigenvalue weighted by Crippen LogP contribution is -2.50. The fourth-order valence-corrected chi connectivity index (χ4v) is 7.38. The molecule has 0 atom stereocenters. The molecule has 1 aromatic carbocycles. The first-order valence-electron chi connectivity index (χ1n) is 16.9. The number of carbonyl (C=O) groups excluding carboxylic acids is 2. The Bertz CT molecular complexity index is 1830. The molecule has 4 fully saturated rings. The number of pyridine rings is 1. The number of nitrogens with zero attached hydrogens (tertiary/aromatic N) is 7. The van der Waals surface area contributed by atoms with Gasteiger partial charge in [-0.05, 0) is 75.6 Å². The average Bonchev–Trinajstić information content (AvgIpc) is 3.63. The van der Waals surface area contributed by atoms with Crippen molar-refractivity contribution in [3.8, 4) is 5.75 Å². The zero-order valence-corrected chi connectivity index (χ0v) is 26.4. The van der Waals surface area contributed by atoms with Crippen molar-refractivity contribution in [3.63, 3.8) is 0 Å². The summed E-state index contributed by atoms with van der Waals surface area (Å²) in [5, 5.41) is 17.8. The molecule has 8 rings (SSSR count). The van der Waals surface area contributed by atoms with Crippen LogP contribution in [-0.2, 0) is 4.79 Å². The number of aromatic nitrogens is 4. The van der Waals surface area contributed by atoms with Crippen LogP contribution in [-0.4, -0.2) is 92.5 Å². The number of ether oxygens (including phenoxy) is 1. The lowest BCUT2D eigenvalue weighted by atomic mass is 9.84. The summed E-state index contributed by atoms with van der Waals surface area (Å²) in [6, 6.07) is 7.51. The number of amides is 3. The van der Waals surface area contributed by atoms with Crippen molar-refractivity contribution in [1.29, 1.82) is 0 Å². The summed E-state index contributed by atoms with van der Waals surface area (Å²) in [5.41, 5.74) is 3.07. The smallest absolute Gasteiger partial charge is 0.339 e. The number of carbonyl (C=O) groups is 3. The summed E-state index contributed by atoms with van der Waals surface area (Å²) in [7, 11) is 0. The number of carboxylic acid groups (broad SMARTS) is 1. The van der Waals surface area contributed by atoms with Crippen molar-refractivity contribution in [2.75, 3.05) is 49.1 Å². The van der Waals surface area contributed by atoms with Gasteiger partial charge in [0.2, 0.25) is 11.9 Å². The van der Waals surface area contributed by atoms with E-state index in [0.717, 1.165) is 80.5 Å². The van der Waals surface area contributed by atoms with Crippen LogP contribution >= 0.6 is 0 Å². The van der Waals surface area contributed by atoms with E-state index in [1.807, 2.05) is 29.1 Å². The summed E-state index contributed by atoms with van der Waals surface area (Å²) in [6.45, 7) is 5.27. The van der Waals surface area contributed by atoms with Gasteiger partial charge >= 0.3 is 12.0 Å². The van der Waals surface area contributed by atoms with Gasteiger partial charge in [-0.2, -0.15) is 5.10 Å². The Hall–Kier alpha value is -4.65. The molecule has 2 aliphatic heterocycles. The van der Waals surface area contributed by atoms with E-state index in [4.69, 9.17) is 9.84 Å². The van der Waals surface area contributed by atoms with E-state index in [2.05, 4.69) is 30.8 Å². The monoisotopic (exact) mass is 640 g/mol. The standard InChI is InChI=1S/C34H40N8O5/c43-31-10-13-41(34(46)36-31)33-35-20-29-28(2-1-11-40(29)33)39-16-14-38(15-17-39)12-9-22-3-5-24(6-4-22)42-21-23-18-26(32(44)45)30(19-27(23)37-42)47-25-7-8-25/h1-2,11,18-22,24-25H,3-10,12-17H2,(H,44,45)(H,36,43,46). The quantitative estimate of drug-likeness (QED) is 0.274. The van der Waals surface area contributed by atoms with E-state index in [0.29, 0.717) is 30.2 Å². The molecule has 4 aromatic rings. The van der Waals surface area contributed by atoms with Gasteiger partial charge in [0.15, 0.2) is 0 Å². The molecule has 2 saturated carbocycles. The summed E-state index contributed by atoms with van der Waals surface area (Å²) in [6.07, 6.45) is 13.8. The minimum atomic E-state index is -0.966. The highest BCUT2D eigenvalue weighted by atomic mass is 16.5. The highest BCUT2D eigenvalue weighted by Gasteiger charge is 2.30. The van der Waals surface area contributed by atoms with Gasteiger partial charge in [0.1, 0.15) is 11.3 Å². The molecular weight excluding hydrogens is 600 g/mol. The maximum Gasteiger partial charge on any atom is 0.339 e. The van der Waals surface area contributed by atoms with E-state index in [-0.39, 0.29) is 24.0 Å². The Morgan fingerprint density at radius 2 is 1.83 bits per heavy atom. The lowest BCUT2D eigenvalue weighted by Gasteiger charge is -2.37. The van der Waals surface area contributed by atoms with Crippen molar-refractivity contribution in [2.24, 2.45) is 5.92 Å². The number of carboxylic acids is 1. The molecule has 5 heterocycles. The lowest BCUT2D eigenvalue weighted by molar-refractivity contribution is -0.120. The van der Waals surface area contributed by atoms with Crippen LogP contribution in [0.15, 0.2) is 42.9 Å². The fourth-order valence-electron chi connectivity index (χ4n) is 7.38. The SMILES string of the molecule is O=C1CCN(c2ncc3c(N4CCN(CCC5CCC(n6cc7cc(C(=O)O)c(OC8CC8)cc7n6)CC5)CC4)cccn23)C(=O)N1. The third-order valence-corrected chi connectivity index (χ3v) is 10.3. The maximum absolute atomic E-state index is 12.4. The maximum atomic E-state index is 12.4. The molecule has 2 N–H and O–H groups in total. The van der Waals surface area contributed by atoms with Gasteiger partial charge in [-0.1, -0.05) is 0 Å². The Balaban J connectivity index is 0.835. The zero-order chi connectivity index (χ0) is 32.1. The largest absolute Gasteiger partial charge is 0.489 e. The number of anilines is 2. The minimum absolute atomic E-state index is 0.129. The van der Waals surface area contributed by atoms with Crippen LogP contribution in [0.2, 0.25) is 0 Å². The predicted octanol–water partition coefficient (Wildman–Crippen LogP) is 4.31. The molecule has 13 heteroatoms. The molecular formula is C34H40N8O5. The van der Waals surface area contributed by atoms with Gasteiger partial charge in [-0.25, -0.2) is 14.6 Å². The molecule has 13 nitrogen and oxygen atoms in total. The van der Waals surface area contributed by atoms with Crippen LogP contribution in [0.4, 0.5) is 16.4 Å². The van der Waals surface area contributed by atoms with Crippen molar-refractivity contribution < 1.29 is 24.2 Å². The van der Waals surface area contributed by atoms with E-state index >= 15 is 0 Å². The molecule has 0 radical (unpaired) electrons. The first-order chi connectivity index (χ1) is 22.9. The van der Waals surface area contributed by atoms with Gasteiger partial charge in [-0.15, -0.1) is 0 Å². The number of fused-ring (bicyclic) bond motifs is 2. The summed E-state index contributed by atoms with van der Waals surface area (Å²) in [5.74, 6) is 0.438. The molecule has 4 aliphatic rings. The van der Waals surface area contributed by atoms with Crippen molar-refractivity contribution in [3.05, 3.63) is 48.4 Å². The van der Waals surface area contributed by atoms with Crippen LogP contribution < -0.4 is 19.9 Å². The minimum Gasteiger partial charge on any atom is -0.489 e. The summed E-state index contributed by atoms with van der Waals surface area (Å²) < 4.78 is 9.87. The molecule has 47 heavy (non-hydrogen) atoms. The number of aromatic carboxylic acids is 1. The number of nitrogens with one attached hydrogen (secondary N) is 1. The number of hydrogen-bond acceptors (Lipinski definition) is 8. The molecule has 3 aromatic heterocycles. The topological polar surface area (TPSA) is 138 Å². The second-order valence-corrected chi connectivity index (χ2v) is 13.4. The molecule has 0 unspecified atom stereocenters. The molecule has 2 aliphatic carbocycles. The second kappa shape index (κ2) is 12.2. The van der Waals surface area contributed by atoms with Gasteiger partial charge < -0.3 is 14.7 Å². The van der Waals surface area contributed by atoms with E-state index in [1.165, 1.54) is 24.2 Å². The van der Waals surface area contributed by atoms with Gasteiger partial charge in [0.05, 0.1) is 35.1 Å². The van der Waals surface area contributed by atoms with Crippen LogP contribution in [0.5, 0.6) is 5.75 Å². The first kappa shape index (κ1) is 29.7. The van der Waals surface area contributed by atoms with Gasteiger partial charge in [-0.3, -0.25) is 29.0 Å². The van der Waals surface area contributed by atoms with Crippen molar-refractivity contribution >= 4 is 46.0 Å². The number of hydrogen-bond donors (Lipinski definition) is 2. The Labute approximate surface area is 272 Å². The summed E-state index contributed by atoms with van der Waals surface area (Å²) in [4.78, 5) is 46.9. The molecule has 0 spiro atoms. The highest BCUT2D eigenvalue weighted by Crippen LogP contribution is 2.36. The first-order valence-corrected chi connectivity index (χ1v) is 16.9.